The first-order chi connectivity index (χ1) is 11.1. The first kappa shape index (κ1) is 16.8. The molecule has 0 aromatic heterocycles. The van der Waals surface area contributed by atoms with Crippen molar-refractivity contribution in [1.82, 2.24) is 4.90 Å². The van der Waals surface area contributed by atoms with Gasteiger partial charge in [-0.3, -0.25) is 14.9 Å². The van der Waals surface area contributed by atoms with Gasteiger partial charge in [0.05, 0.1) is 12.0 Å². The lowest BCUT2D eigenvalue weighted by Gasteiger charge is -2.35. The van der Waals surface area contributed by atoms with Crippen LogP contribution in [0, 0.1) is 22.5 Å². The summed E-state index contributed by atoms with van der Waals surface area (Å²) in [5, 5.41) is 10.9. The first-order valence-electron chi connectivity index (χ1n) is 7.65. The second-order valence-electron chi connectivity index (χ2n) is 5.53. The number of hydrogen-bond donors (Lipinski definition) is 0. The monoisotopic (exact) mass is 316 g/mol. The molecule has 122 valence electrons. The number of terminal acetylenes is 1. The van der Waals surface area contributed by atoms with Crippen molar-refractivity contribution in [2.45, 2.75) is 38.1 Å². The van der Waals surface area contributed by atoms with E-state index in [2.05, 4.69) is 5.92 Å². The fraction of sp³-hybridized carbons (Fsp3) is 0.471. The van der Waals surface area contributed by atoms with Gasteiger partial charge in [0.1, 0.15) is 0 Å². The highest BCUT2D eigenvalue weighted by atomic mass is 16.6. The van der Waals surface area contributed by atoms with E-state index in [1.54, 1.807) is 0 Å². The molecule has 1 aromatic rings. The Hall–Kier alpha value is -2.55. The standard InChI is InChI=1S/C17H20N2O4/c1-3-4-7-14-8-5-6-11-18(14)17(20)13-9-10-15(19(21)22)16(12-13)23-2/h1,9-10,12,14H,4-8,11H2,2H3/t14-/m1/s1. The number of carbonyl (C=O) groups is 1. The van der Waals surface area contributed by atoms with Gasteiger partial charge >= 0.3 is 5.69 Å². The average Bonchev–Trinajstić information content (AvgIpc) is 2.58. The van der Waals surface area contributed by atoms with Crippen LogP contribution >= 0.6 is 0 Å². The van der Waals surface area contributed by atoms with Crippen LogP contribution in [0.15, 0.2) is 18.2 Å². The number of ether oxygens (including phenoxy) is 1. The molecule has 1 aliphatic heterocycles. The normalized spacial score (nSPS) is 17.4. The molecule has 0 saturated carbocycles. The zero-order chi connectivity index (χ0) is 16.8. The molecule has 23 heavy (non-hydrogen) atoms. The lowest BCUT2D eigenvalue weighted by atomic mass is 9.97. The SMILES string of the molecule is C#CCC[C@@H]1CCCCN1C(=O)c1ccc([N+](=O)[O-])c(OC)c1. The Morgan fingerprint density at radius 3 is 2.96 bits per heavy atom. The largest absolute Gasteiger partial charge is 0.490 e. The minimum atomic E-state index is -0.524. The van der Waals surface area contributed by atoms with Crippen LogP contribution in [-0.2, 0) is 0 Å². The van der Waals surface area contributed by atoms with Gasteiger partial charge in [-0.15, -0.1) is 12.3 Å². The van der Waals surface area contributed by atoms with E-state index in [4.69, 9.17) is 11.2 Å². The van der Waals surface area contributed by atoms with Crippen LogP contribution in [-0.4, -0.2) is 35.4 Å². The molecule has 0 N–H and O–H groups in total. The van der Waals surface area contributed by atoms with E-state index >= 15 is 0 Å². The van der Waals surface area contributed by atoms with Crippen LogP contribution in [0.4, 0.5) is 5.69 Å². The predicted octanol–water partition coefficient (Wildman–Crippen LogP) is 3.01. The molecule has 0 aliphatic carbocycles. The second-order valence-corrected chi connectivity index (χ2v) is 5.53. The molecule has 0 spiro atoms. The highest BCUT2D eigenvalue weighted by molar-refractivity contribution is 5.95. The van der Waals surface area contributed by atoms with Crippen molar-refractivity contribution in [3.8, 4) is 18.1 Å². The number of carbonyl (C=O) groups excluding carboxylic acids is 1. The van der Waals surface area contributed by atoms with Crippen molar-refractivity contribution < 1.29 is 14.5 Å². The average molecular weight is 316 g/mol. The topological polar surface area (TPSA) is 72.7 Å². The molecule has 1 aromatic carbocycles. The van der Waals surface area contributed by atoms with Crippen molar-refractivity contribution in [1.29, 1.82) is 0 Å². The van der Waals surface area contributed by atoms with Crippen LogP contribution in [0.25, 0.3) is 0 Å². The van der Waals surface area contributed by atoms with E-state index in [1.807, 2.05) is 4.90 Å². The van der Waals surface area contributed by atoms with Gasteiger partial charge in [-0.05, 0) is 31.7 Å². The van der Waals surface area contributed by atoms with Crippen LogP contribution < -0.4 is 4.74 Å². The molecule has 0 bridgehead atoms. The minimum absolute atomic E-state index is 0.0954. The Balaban J connectivity index is 2.24. The third-order valence-electron chi connectivity index (χ3n) is 4.13. The predicted molar refractivity (Wildman–Crippen MR) is 86.4 cm³/mol. The number of nitro groups is 1. The highest BCUT2D eigenvalue weighted by Gasteiger charge is 2.28. The van der Waals surface area contributed by atoms with E-state index in [0.29, 0.717) is 18.5 Å². The smallest absolute Gasteiger partial charge is 0.310 e. The van der Waals surface area contributed by atoms with Crippen LogP contribution in [0.5, 0.6) is 5.75 Å². The molecule has 2 rings (SSSR count). The number of amides is 1. The highest BCUT2D eigenvalue weighted by Crippen LogP contribution is 2.29. The van der Waals surface area contributed by atoms with Gasteiger partial charge in [-0.2, -0.15) is 0 Å². The summed E-state index contributed by atoms with van der Waals surface area (Å²) < 4.78 is 5.04. The van der Waals surface area contributed by atoms with Crippen LogP contribution in [0.1, 0.15) is 42.5 Å². The van der Waals surface area contributed by atoms with Gasteiger partial charge in [0, 0.05) is 36.7 Å². The lowest BCUT2D eigenvalue weighted by molar-refractivity contribution is -0.385. The number of methoxy groups -OCH3 is 1. The van der Waals surface area contributed by atoms with Crippen molar-refractivity contribution >= 4 is 11.6 Å². The van der Waals surface area contributed by atoms with Gasteiger partial charge in [0.2, 0.25) is 0 Å². The van der Waals surface area contributed by atoms with Crippen molar-refractivity contribution in [3.05, 3.63) is 33.9 Å². The van der Waals surface area contributed by atoms with Crippen LogP contribution in [0.2, 0.25) is 0 Å². The molecular weight excluding hydrogens is 296 g/mol. The number of benzene rings is 1. The summed E-state index contributed by atoms with van der Waals surface area (Å²) in [6, 6.07) is 4.36. The van der Waals surface area contributed by atoms with E-state index in [1.165, 1.54) is 25.3 Å². The van der Waals surface area contributed by atoms with Crippen LogP contribution in [0.3, 0.4) is 0 Å². The van der Waals surface area contributed by atoms with Gasteiger partial charge in [0.15, 0.2) is 5.75 Å². The Labute approximate surface area is 135 Å². The Kier molecular flexibility index (Phi) is 5.58. The maximum absolute atomic E-state index is 12.8. The summed E-state index contributed by atoms with van der Waals surface area (Å²) in [6.45, 7) is 0.688. The fourth-order valence-corrected chi connectivity index (χ4v) is 2.95. The second kappa shape index (κ2) is 7.63. The molecule has 1 atom stereocenters. The van der Waals surface area contributed by atoms with Crippen molar-refractivity contribution in [2.24, 2.45) is 0 Å². The summed E-state index contributed by atoms with van der Waals surface area (Å²) in [5.41, 5.74) is 0.256. The lowest BCUT2D eigenvalue weighted by Crippen LogP contribution is -2.43. The number of nitrogens with zero attached hydrogens (tertiary/aromatic N) is 2. The number of hydrogen-bond acceptors (Lipinski definition) is 4. The summed E-state index contributed by atoms with van der Waals surface area (Å²) in [6.07, 6.45) is 9.74. The molecule has 1 saturated heterocycles. The summed E-state index contributed by atoms with van der Waals surface area (Å²) >= 11 is 0. The third-order valence-corrected chi connectivity index (χ3v) is 4.13. The molecule has 0 unspecified atom stereocenters. The van der Waals surface area contributed by atoms with Gasteiger partial charge in [0.25, 0.3) is 5.91 Å². The van der Waals surface area contributed by atoms with E-state index < -0.39 is 4.92 Å². The van der Waals surface area contributed by atoms with E-state index in [9.17, 15) is 14.9 Å². The number of piperidine rings is 1. The molecule has 6 nitrogen and oxygen atoms in total. The molecule has 0 radical (unpaired) electrons. The molecule has 1 amide bonds. The van der Waals surface area contributed by atoms with Crippen molar-refractivity contribution in [2.75, 3.05) is 13.7 Å². The van der Waals surface area contributed by atoms with Gasteiger partial charge < -0.3 is 9.64 Å². The summed E-state index contributed by atoms with van der Waals surface area (Å²) in [5.74, 6) is 2.59. The summed E-state index contributed by atoms with van der Waals surface area (Å²) in [7, 11) is 1.35. The Morgan fingerprint density at radius 2 is 2.30 bits per heavy atom. The first-order valence-corrected chi connectivity index (χ1v) is 7.65. The van der Waals surface area contributed by atoms with Gasteiger partial charge in [-0.1, -0.05) is 0 Å². The molecule has 1 heterocycles. The maximum atomic E-state index is 12.8. The third kappa shape index (κ3) is 3.81. The Bertz CT molecular complexity index is 636. The number of likely N-dealkylation sites (tertiary alicyclic amines) is 1. The molecular formula is C17H20N2O4. The summed E-state index contributed by atoms with van der Waals surface area (Å²) in [4.78, 5) is 25.0. The minimum Gasteiger partial charge on any atom is -0.490 e. The number of nitro benzene ring substituents is 1. The van der Waals surface area contributed by atoms with Crippen molar-refractivity contribution in [3.63, 3.8) is 0 Å². The maximum Gasteiger partial charge on any atom is 0.310 e. The molecule has 6 heteroatoms. The zero-order valence-corrected chi connectivity index (χ0v) is 13.2. The molecule has 1 fully saturated rings. The fourth-order valence-electron chi connectivity index (χ4n) is 2.95. The van der Waals surface area contributed by atoms with E-state index in [0.717, 1.165) is 25.7 Å². The number of rotatable bonds is 5. The Morgan fingerprint density at radius 1 is 1.52 bits per heavy atom. The molecule has 1 aliphatic rings. The zero-order valence-electron chi connectivity index (χ0n) is 13.2. The quantitative estimate of drug-likeness (QED) is 0.475. The van der Waals surface area contributed by atoms with E-state index in [-0.39, 0.29) is 23.4 Å². The van der Waals surface area contributed by atoms with Gasteiger partial charge in [-0.25, -0.2) is 0 Å².